The summed E-state index contributed by atoms with van der Waals surface area (Å²) in [6.07, 6.45) is 5.30. The predicted molar refractivity (Wildman–Crippen MR) is 149 cm³/mol. The maximum absolute atomic E-state index is 13.1. The number of nitrogens with zero attached hydrogens (tertiary/aromatic N) is 2. The van der Waals surface area contributed by atoms with E-state index in [1.807, 2.05) is 18.2 Å². The number of rotatable bonds is 11. The molecule has 2 amide bonds. The fraction of sp³-hybridized carbons (Fsp3) is 0.233. The molecule has 0 bridgehead atoms. The van der Waals surface area contributed by atoms with Gasteiger partial charge in [-0.1, -0.05) is 50.2 Å². The maximum Gasteiger partial charge on any atom is 0.287 e. The summed E-state index contributed by atoms with van der Waals surface area (Å²) in [5.74, 6) is 0.239. The molecule has 0 saturated carbocycles. The highest BCUT2D eigenvalue weighted by atomic mass is 16.7. The Morgan fingerprint density at radius 2 is 1.58 bits per heavy atom. The molecule has 1 heterocycles. The van der Waals surface area contributed by atoms with Gasteiger partial charge in [-0.3, -0.25) is 9.59 Å². The van der Waals surface area contributed by atoms with Crippen molar-refractivity contribution in [1.29, 1.82) is 0 Å². The van der Waals surface area contributed by atoms with Gasteiger partial charge >= 0.3 is 0 Å². The molecular formula is C30H32N4O4. The standard InChI is InChI=1S/C30H32N4O4/c1-3-16-34(17-4-2)25-13-10-22(11-14-25)20-31-33-30(36)26(32-29(35)24-8-6-5-7-9-24)18-23-12-15-27-28(19-23)38-21-37-27/h5-15,18-20H,3-4,16-17,21H2,1-2H3,(H,32,35)(H,33,36)/b26-18?,31-20-. The molecule has 2 N–H and O–H groups in total. The predicted octanol–water partition coefficient (Wildman–Crippen LogP) is 4.96. The lowest BCUT2D eigenvalue weighted by molar-refractivity contribution is -0.117. The van der Waals surface area contributed by atoms with Gasteiger partial charge in [0.2, 0.25) is 6.79 Å². The van der Waals surface area contributed by atoms with Crippen molar-refractivity contribution in [1.82, 2.24) is 10.7 Å². The summed E-state index contributed by atoms with van der Waals surface area (Å²) in [4.78, 5) is 28.2. The van der Waals surface area contributed by atoms with Gasteiger partial charge < -0.3 is 19.7 Å². The Bertz CT molecular complexity index is 1300. The number of nitrogens with one attached hydrogen (secondary N) is 2. The third-order valence-electron chi connectivity index (χ3n) is 5.86. The molecule has 0 saturated heterocycles. The number of fused-ring (bicyclic) bond motifs is 1. The zero-order valence-electron chi connectivity index (χ0n) is 21.6. The summed E-state index contributed by atoms with van der Waals surface area (Å²) >= 11 is 0. The fourth-order valence-corrected chi connectivity index (χ4v) is 4.02. The highest BCUT2D eigenvalue weighted by Crippen LogP contribution is 2.33. The summed E-state index contributed by atoms with van der Waals surface area (Å²) in [6, 6.07) is 22.0. The largest absolute Gasteiger partial charge is 0.454 e. The molecule has 196 valence electrons. The number of amides is 2. The second-order valence-corrected chi connectivity index (χ2v) is 8.77. The highest BCUT2D eigenvalue weighted by molar-refractivity contribution is 6.05. The number of hydrogen-bond donors (Lipinski definition) is 2. The van der Waals surface area contributed by atoms with Crippen molar-refractivity contribution >= 4 is 29.8 Å². The van der Waals surface area contributed by atoms with Crippen molar-refractivity contribution in [3.8, 4) is 11.5 Å². The lowest BCUT2D eigenvalue weighted by Gasteiger charge is -2.23. The zero-order chi connectivity index (χ0) is 26.7. The average Bonchev–Trinajstić information content (AvgIpc) is 3.41. The first kappa shape index (κ1) is 26.5. The van der Waals surface area contributed by atoms with Gasteiger partial charge in [0, 0.05) is 24.3 Å². The average molecular weight is 513 g/mol. The zero-order valence-corrected chi connectivity index (χ0v) is 21.6. The number of hydrogen-bond acceptors (Lipinski definition) is 6. The molecule has 0 spiro atoms. The van der Waals surface area contributed by atoms with E-state index < -0.39 is 11.8 Å². The Labute approximate surface area is 223 Å². The Morgan fingerprint density at radius 1 is 0.895 bits per heavy atom. The Balaban J connectivity index is 1.48. The first-order valence-electron chi connectivity index (χ1n) is 12.7. The topological polar surface area (TPSA) is 92.3 Å². The Kier molecular flexibility index (Phi) is 9.12. The molecule has 4 rings (SSSR count). The highest BCUT2D eigenvalue weighted by Gasteiger charge is 2.17. The first-order valence-corrected chi connectivity index (χ1v) is 12.7. The number of hydrazone groups is 1. The van der Waals surface area contributed by atoms with Crippen LogP contribution in [0, 0.1) is 0 Å². The van der Waals surface area contributed by atoms with Gasteiger partial charge in [-0.05, 0) is 66.4 Å². The second-order valence-electron chi connectivity index (χ2n) is 8.77. The van der Waals surface area contributed by atoms with Crippen molar-refractivity contribution in [3.63, 3.8) is 0 Å². The van der Waals surface area contributed by atoms with E-state index in [4.69, 9.17) is 9.47 Å². The minimum atomic E-state index is -0.558. The third kappa shape index (κ3) is 7.00. The van der Waals surface area contributed by atoms with Gasteiger partial charge in [-0.25, -0.2) is 5.43 Å². The maximum atomic E-state index is 13.1. The van der Waals surface area contributed by atoms with E-state index in [2.05, 4.69) is 46.7 Å². The van der Waals surface area contributed by atoms with Crippen molar-refractivity contribution in [2.75, 3.05) is 24.8 Å². The van der Waals surface area contributed by atoms with Crippen LogP contribution in [0.2, 0.25) is 0 Å². The molecule has 3 aromatic carbocycles. The van der Waals surface area contributed by atoms with Crippen LogP contribution >= 0.6 is 0 Å². The van der Waals surface area contributed by atoms with Crippen LogP contribution in [-0.2, 0) is 4.79 Å². The van der Waals surface area contributed by atoms with E-state index in [-0.39, 0.29) is 12.5 Å². The second kappa shape index (κ2) is 13.1. The molecule has 3 aromatic rings. The smallest absolute Gasteiger partial charge is 0.287 e. The molecule has 0 fully saturated rings. The molecule has 0 aromatic heterocycles. The lowest BCUT2D eigenvalue weighted by atomic mass is 10.1. The summed E-state index contributed by atoms with van der Waals surface area (Å²) < 4.78 is 10.8. The van der Waals surface area contributed by atoms with Gasteiger partial charge in [0.05, 0.1) is 6.21 Å². The molecule has 1 aliphatic rings. The van der Waals surface area contributed by atoms with E-state index in [1.165, 1.54) is 0 Å². The fourth-order valence-electron chi connectivity index (χ4n) is 4.02. The molecule has 0 unspecified atom stereocenters. The molecule has 8 nitrogen and oxygen atoms in total. The van der Waals surface area contributed by atoms with E-state index in [9.17, 15) is 9.59 Å². The van der Waals surface area contributed by atoms with Gasteiger partial charge in [0.1, 0.15) is 5.70 Å². The Hall–Kier alpha value is -4.59. The van der Waals surface area contributed by atoms with Crippen molar-refractivity contribution in [3.05, 3.63) is 95.2 Å². The van der Waals surface area contributed by atoms with E-state index in [0.717, 1.165) is 37.2 Å². The van der Waals surface area contributed by atoms with Crippen LogP contribution in [0.1, 0.15) is 48.2 Å². The summed E-state index contributed by atoms with van der Waals surface area (Å²) in [5.41, 5.74) is 5.66. The van der Waals surface area contributed by atoms with Crippen molar-refractivity contribution in [2.24, 2.45) is 5.10 Å². The Morgan fingerprint density at radius 3 is 2.29 bits per heavy atom. The van der Waals surface area contributed by atoms with E-state index in [0.29, 0.717) is 22.6 Å². The van der Waals surface area contributed by atoms with Crippen molar-refractivity contribution in [2.45, 2.75) is 26.7 Å². The third-order valence-corrected chi connectivity index (χ3v) is 5.86. The van der Waals surface area contributed by atoms with Crippen LogP contribution in [-0.4, -0.2) is 37.9 Å². The number of carbonyl (C=O) groups is 2. The summed E-state index contributed by atoms with van der Waals surface area (Å²) in [5, 5.41) is 6.81. The van der Waals surface area contributed by atoms with E-state index in [1.54, 1.807) is 54.8 Å². The molecule has 8 heteroatoms. The SMILES string of the molecule is CCCN(CCC)c1ccc(/C=N\NC(=O)C(=Cc2ccc3c(c2)OCO3)NC(=O)c2ccccc2)cc1. The molecule has 0 radical (unpaired) electrons. The first-order chi connectivity index (χ1) is 18.6. The van der Waals surface area contributed by atoms with Crippen LogP contribution < -0.4 is 25.1 Å². The van der Waals surface area contributed by atoms with Gasteiger partial charge in [-0.2, -0.15) is 5.10 Å². The molecule has 38 heavy (non-hydrogen) atoms. The molecule has 0 atom stereocenters. The molecular weight excluding hydrogens is 480 g/mol. The minimum absolute atomic E-state index is 0.0417. The lowest BCUT2D eigenvalue weighted by Crippen LogP contribution is -2.32. The van der Waals surface area contributed by atoms with Gasteiger partial charge in [0.15, 0.2) is 11.5 Å². The molecule has 1 aliphatic heterocycles. The minimum Gasteiger partial charge on any atom is -0.454 e. The molecule has 0 aliphatic carbocycles. The number of benzene rings is 3. The monoisotopic (exact) mass is 512 g/mol. The summed E-state index contributed by atoms with van der Waals surface area (Å²) in [7, 11) is 0. The number of carbonyl (C=O) groups excluding carboxylic acids is 2. The normalized spacial score (nSPS) is 12.4. The van der Waals surface area contributed by atoms with Gasteiger partial charge in [-0.15, -0.1) is 0 Å². The van der Waals surface area contributed by atoms with Crippen LogP contribution in [0.4, 0.5) is 5.69 Å². The van der Waals surface area contributed by atoms with Crippen LogP contribution in [0.25, 0.3) is 6.08 Å². The number of ether oxygens (including phenoxy) is 2. The van der Waals surface area contributed by atoms with Gasteiger partial charge in [0.25, 0.3) is 11.8 Å². The quantitative estimate of drug-likeness (QED) is 0.215. The van der Waals surface area contributed by atoms with Crippen molar-refractivity contribution < 1.29 is 19.1 Å². The van der Waals surface area contributed by atoms with Crippen LogP contribution in [0.5, 0.6) is 11.5 Å². The number of anilines is 1. The van der Waals surface area contributed by atoms with Crippen LogP contribution in [0.3, 0.4) is 0 Å². The van der Waals surface area contributed by atoms with Crippen LogP contribution in [0.15, 0.2) is 83.6 Å². The summed E-state index contributed by atoms with van der Waals surface area (Å²) in [6.45, 7) is 6.49. The van der Waals surface area contributed by atoms with E-state index >= 15 is 0 Å².